The second-order valence-corrected chi connectivity index (χ2v) is 5.78. The van der Waals surface area contributed by atoms with Crippen LogP contribution in [0.5, 0.6) is 5.75 Å². The lowest BCUT2D eigenvalue weighted by Crippen LogP contribution is -2.16. The molecule has 0 unspecified atom stereocenters. The van der Waals surface area contributed by atoms with Crippen molar-refractivity contribution < 1.29 is 19.1 Å². The Morgan fingerprint density at radius 1 is 1.29 bits per heavy atom. The number of aryl methyl sites for hydroxylation is 1. The summed E-state index contributed by atoms with van der Waals surface area (Å²) in [5.41, 5.74) is 2.19. The Morgan fingerprint density at radius 2 is 2.08 bits per heavy atom. The van der Waals surface area contributed by atoms with E-state index < -0.39 is 6.09 Å². The van der Waals surface area contributed by atoms with Crippen LogP contribution in [0.3, 0.4) is 0 Å². The van der Waals surface area contributed by atoms with Gasteiger partial charge in [0.05, 0.1) is 31.5 Å². The fourth-order valence-electron chi connectivity index (χ4n) is 1.98. The van der Waals surface area contributed by atoms with Gasteiger partial charge in [-0.1, -0.05) is 6.07 Å². The van der Waals surface area contributed by atoms with Gasteiger partial charge in [-0.25, -0.2) is 9.78 Å². The van der Waals surface area contributed by atoms with E-state index in [9.17, 15) is 9.59 Å². The van der Waals surface area contributed by atoms with Crippen LogP contribution in [0.15, 0.2) is 23.6 Å². The normalized spacial score (nSPS) is 10.1. The second kappa shape index (κ2) is 8.30. The van der Waals surface area contributed by atoms with Crippen LogP contribution in [0.4, 0.5) is 15.6 Å². The number of ether oxygens (including phenoxy) is 2. The molecule has 0 spiro atoms. The van der Waals surface area contributed by atoms with E-state index in [2.05, 4.69) is 15.6 Å². The van der Waals surface area contributed by atoms with Gasteiger partial charge in [0.15, 0.2) is 5.13 Å². The number of methoxy groups -OCH3 is 1. The molecule has 128 valence electrons. The number of amides is 2. The third kappa shape index (κ3) is 4.95. The number of hydrogen-bond acceptors (Lipinski definition) is 6. The summed E-state index contributed by atoms with van der Waals surface area (Å²) in [6, 6.07) is 5.54. The smallest absolute Gasteiger partial charge is 0.413 e. The van der Waals surface area contributed by atoms with E-state index in [1.54, 1.807) is 25.5 Å². The van der Waals surface area contributed by atoms with Crippen molar-refractivity contribution in [3.05, 3.63) is 34.8 Å². The summed E-state index contributed by atoms with van der Waals surface area (Å²) in [6.07, 6.45) is -0.467. The van der Waals surface area contributed by atoms with E-state index in [-0.39, 0.29) is 18.9 Å². The molecule has 2 aromatic rings. The van der Waals surface area contributed by atoms with Crippen molar-refractivity contribution in [1.29, 1.82) is 0 Å². The fourth-order valence-corrected chi connectivity index (χ4v) is 2.67. The number of carbonyl (C=O) groups is 2. The quantitative estimate of drug-likeness (QED) is 0.836. The predicted molar refractivity (Wildman–Crippen MR) is 92.8 cm³/mol. The Bertz CT molecular complexity index is 730. The van der Waals surface area contributed by atoms with Crippen molar-refractivity contribution in [3.8, 4) is 5.75 Å². The summed E-state index contributed by atoms with van der Waals surface area (Å²) in [4.78, 5) is 27.7. The SMILES string of the molecule is CCOC(=O)Nc1nc(CC(=O)Nc2cc(C)ccc2OC)cs1. The monoisotopic (exact) mass is 349 g/mol. The zero-order chi connectivity index (χ0) is 17.5. The molecule has 1 aromatic heterocycles. The van der Waals surface area contributed by atoms with Crippen LogP contribution in [0.2, 0.25) is 0 Å². The van der Waals surface area contributed by atoms with Gasteiger partial charge in [0.2, 0.25) is 5.91 Å². The minimum atomic E-state index is -0.563. The van der Waals surface area contributed by atoms with Crippen molar-refractivity contribution in [2.75, 3.05) is 24.4 Å². The van der Waals surface area contributed by atoms with Crippen LogP contribution in [-0.4, -0.2) is 30.7 Å². The van der Waals surface area contributed by atoms with Crippen molar-refractivity contribution in [2.45, 2.75) is 20.3 Å². The highest BCUT2D eigenvalue weighted by atomic mass is 32.1. The highest BCUT2D eigenvalue weighted by Gasteiger charge is 2.12. The fraction of sp³-hybridized carbons (Fsp3) is 0.312. The van der Waals surface area contributed by atoms with E-state index >= 15 is 0 Å². The summed E-state index contributed by atoms with van der Waals surface area (Å²) in [5.74, 6) is 0.378. The topological polar surface area (TPSA) is 89.5 Å². The molecule has 0 bridgehead atoms. The number of carbonyl (C=O) groups excluding carboxylic acids is 2. The summed E-state index contributed by atoms with van der Waals surface area (Å²) in [7, 11) is 1.55. The average molecular weight is 349 g/mol. The summed E-state index contributed by atoms with van der Waals surface area (Å²) in [6.45, 7) is 3.93. The zero-order valence-electron chi connectivity index (χ0n) is 13.7. The lowest BCUT2D eigenvalue weighted by atomic mass is 10.2. The predicted octanol–water partition coefficient (Wildman–Crippen LogP) is 3.21. The second-order valence-electron chi connectivity index (χ2n) is 4.92. The molecule has 0 atom stereocenters. The van der Waals surface area contributed by atoms with Crippen molar-refractivity contribution in [2.24, 2.45) is 0 Å². The highest BCUT2D eigenvalue weighted by molar-refractivity contribution is 7.13. The lowest BCUT2D eigenvalue weighted by molar-refractivity contribution is -0.115. The van der Waals surface area contributed by atoms with Crippen molar-refractivity contribution >= 4 is 34.2 Å². The van der Waals surface area contributed by atoms with Crippen LogP contribution in [0.25, 0.3) is 0 Å². The lowest BCUT2D eigenvalue weighted by Gasteiger charge is -2.10. The van der Waals surface area contributed by atoms with E-state index in [1.165, 1.54) is 11.3 Å². The van der Waals surface area contributed by atoms with Crippen LogP contribution in [-0.2, 0) is 16.0 Å². The zero-order valence-corrected chi connectivity index (χ0v) is 14.5. The Labute approximate surface area is 144 Å². The number of thiazole rings is 1. The van der Waals surface area contributed by atoms with Gasteiger partial charge >= 0.3 is 6.09 Å². The molecule has 1 aromatic carbocycles. The average Bonchev–Trinajstić information content (AvgIpc) is 2.94. The summed E-state index contributed by atoms with van der Waals surface area (Å²) in [5, 5.41) is 7.43. The largest absolute Gasteiger partial charge is 0.495 e. The molecular formula is C16H19N3O4S. The molecule has 1 heterocycles. The molecule has 0 fully saturated rings. The van der Waals surface area contributed by atoms with E-state index in [0.29, 0.717) is 22.3 Å². The van der Waals surface area contributed by atoms with E-state index in [4.69, 9.17) is 9.47 Å². The molecule has 7 nitrogen and oxygen atoms in total. The van der Waals surface area contributed by atoms with Gasteiger partial charge < -0.3 is 14.8 Å². The Kier molecular flexibility index (Phi) is 6.14. The molecule has 2 N–H and O–H groups in total. The molecule has 24 heavy (non-hydrogen) atoms. The maximum absolute atomic E-state index is 12.2. The Balaban J connectivity index is 1.97. The van der Waals surface area contributed by atoms with Gasteiger partial charge in [0.25, 0.3) is 0 Å². The number of nitrogens with one attached hydrogen (secondary N) is 2. The first-order valence-electron chi connectivity index (χ1n) is 7.34. The molecule has 2 amide bonds. The molecule has 0 saturated heterocycles. The number of anilines is 2. The van der Waals surface area contributed by atoms with Crippen LogP contribution >= 0.6 is 11.3 Å². The van der Waals surface area contributed by atoms with E-state index in [0.717, 1.165) is 5.56 Å². The van der Waals surface area contributed by atoms with Gasteiger partial charge in [-0.15, -0.1) is 11.3 Å². The van der Waals surface area contributed by atoms with Gasteiger partial charge in [-0.3, -0.25) is 10.1 Å². The van der Waals surface area contributed by atoms with Crippen LogP contribution in [0.1, 0.15) is 18.2 Å². The minimum Gasteiger partial charge on any atom is -0.495 e. The number of benzene rings is 1. The van der Waals surface area contributed by atoms with Gasteiger partial charge in [0.1, 0.15) is 5.75 Å². The molecule has 0 aliphatic heterocycles. The Morgan fingerprint density at radius 3 is 2.79 bits per heavy atom. The van der Waals surface area contributed by atoms with Gasteiger partial charge in [-0.05, 0) is 31.5 Å². The maximum atomic E-state index is 12.2. The number of aromatic nitrogens is 1. The van der Waals surface area contributed by atoms with Gasteiger partial charge in [0, 0.05) is 5.38 Å². The number of hydrogen-bond donors (Lipinski definition) is 2. The summed E-state index contributed by atoms with van der Waals surface area (Å²) < 4.78 is 10.0. The molecule has 2 rings (SSSR count). The van der Waals surface area contributed by atoms with Gasteiger partial charge in [-0.2, -0.15) is 0 Å². The summed E-state index contributed by atoms with van der Waals surface area (Å²) >= 11 is 1.23. The number of nitrogens with zero attached hydrogens (tertiary/aromatic N) is 1. The molecule has 0 aliphatic rings. The van der Waals surface area contributed by atoms with Crippen LogP contribution < -0.4 is 15.4 Å². The first-order valence-corrected chi connectivity index (χ1v) is 8.22. The van der Waals surface area contributed by atoms with Crippen LogP contribution in [0, 0.1) is 6.92 Å². The molecule has 0 aliphatic carbocycles. The molecule has 0 radical (unpaired) electrons. The van der Waals surface area contributed by atoms with Crippen molar-refractivity contribution in [3.63, 3.8) is 0 Å². The van der Waals surface area contributed by atoms with E-state index in [1.807, 2.05) is 19.1 Å². The number of rotatable bonds is 6. The maximum Gasteiger partial charge on any atom is 0.413 e. The first-order chi connectivity index (χ1) is 11.5. The molecule has 8 heteroatoms. The Hall–Kier alpha value is -2.61. The third-order valence-corrected chi connectivity index (χ3v) is 3.81. The first kappa shape index (κ1) is 17.7. The van der Waals surface area contributed by atoms with Crippen molar-refractivity contribution in [1.82, 2.24) is 4.98 Å². The molecular weight excluding hydrogens is 330 g/mol. The minimum absolute atomic E-state index is 0.0953. The third-order valence-electron chi connectivity index (χ3n) is 3.01. The standard InChI is InChI=1S/C16H19N3O4S/c1-4-23-16(21)19-15-17-11(9-24-15)8-14(20)18-12-7-10(2)5-6-13(12)22-3/h5-7,9H,4,8H2,1-3H3,(H,18,20)(H,17,19,21). The highest BCUT2D eigenvalue weighted by Crippen LogP contribution is 2.25. The molecule has 0 saturated carbocycles.